The molecule has 0 fully saturated rings. The van der Waals surface area contributed by atoms with Crippen molar-refractivity contribution in [1.82, 2.24) is 5.32 Å². The number of hydrogen-bond donors (Lipinski definition) is 2. The second-order valence-corrected chi connectivity index (χ2v) is 5.95. The average molecular weight is 382 g/mol. The Balaban J connectivity index is 1.62. The maximum absolute atomic E-state index is 13.6. The molecular formula is C18H14F4N2O3. The molecule has 0 radical (unpaired) electrons. The molecule has 0 saturated carbocycles. The third-order valence-corrected chi connectivity index (χ3v) is 4.02. The van der Waals surface area contributed by atoms with Crippen molar-refractivity contribution in [2.45, 2.75) is 24.9 Å². The standard InChI is InChI=1S/C18H14F4N2O3/c19-14-4-2-1-3-13(14)16(25)23-10-11-5-7-12(8-6-11)15-9-17(26,27-24-15)18(20,21)22/h1-8,26H,9-10H2,(H,23,25). The van der Waals surface area contributed by atoms with Gasteiger partial charge in [0.1, 0.15) is 5.82 Å². The van der Waals surface area contributed by atoms with Gasteiger partial charge in [0.25, 0.3) is 5.91 Å². The molecular weight excluding hydrogens is 368 g/mol. The minimum atomic E-state index is -4.96. The Labute approximate surface area is 151 Å². The number of carbonyl (C=O) groups excluding carboxylic acids is 1. The third kappa shape index (κ3) is 3.92. The second kappa shape index (κ2) is 6.99. The first kappa shape index (κ1) is 18.8. The lowest BCUT2D eigenvalue weighted by Crippen LogP contribution is -2.45. The number of nitrogens with one attached hydrogen (secondary N) is 1. The molecule has 1 atom stereocenters. The molecule has 1 aliphatic rings. The normalized spacial score (nSPS) is 19.4. The van der Waals surface area contributed by atoms with E-state index < -0.39 is 30.1 Å². The maximum Gasteiger partial charge on any atom is 0.458 e. The highest BCUT2D eigenvalue weighted by Crippen LogP contribution is 2.38. The zero-order valence-electron chi connectivity index (χ0n) is 13.8. The van der Waals surface area contributed by atoms with E-state index in [1.807, 2.05) is 0 Å². The number of rotatable bonds is 4. The molecule has 0 aromatic heterocycles. The van der Waals surface area contributed by atoms with Gasteiger partial charge in [-0.3, -0.25) is 4.79 Å². The van der Waals surface area contributed by atoms with Gasteiger partial charge >= 0.3 is 12.0 Å². The highest BCUT2D eigenvalue weighted by atomic mass is 19.4. The van der Waals surface area contributed by atoms with Gasteiger partial charge in [0, 0.05) is 6.54 Å². The molecule has 2 N–H and O–H groups in total. The van der Waals surface area contributed by atoms with Crippen molar-refractivity contribution in [1.29, 1.82) is 0 Å². The van der Waals surface area contributed by atoms with Gasteiger partial charge in [-0.25, -0.2) is 4.39 Å². The molecule has 0 bridgehead atoms. The van der Waals surface area contributed by atoms with E-state index in [0.717, 1.165) is 0 Å². The molecule has 2 aromatic carbocycles. The number of alkyl halides is 3. The summed E-state index contributed by atoms with van der Waals surface area (Å²) in [4.78, 5) is 16.1. The Bertz CT molecular complexity index is 881. The largest absolute Gasteiger partial charge is 0.458 e. The van der Waals surface area contributed by atoms with Gasteiger partial charge in [0.05, 0.1) is 17.7 Å². The lowest BCUT2D eigenvalue weighted by atomic mass is 10.0. The molecule has 0 saturated heterocycles. The van der Waals surface area contributed by atoms with Crippen molar-refractivity contribution in [3.05, 3.63) is 71.0 Å². The van der Waals surface area contributed by atoms with Crippen LogP contribution >= 0.6 is 0 Å². The molecule has 27 heavy (non-hydrogen) atoms. The SMILES string of the molecule is O=C(NCc1ccc(C2=NOC(O)(C(F)(F)F)C2)cc1)c1ccccc1F. The fourth-order valence-corrected chi connectivity index (χ4v) is 2.47. The maximum atomic E-state index is 13.6. The number of amides is 1. The van der Waals surface area contributed by atoms with Gasteiger partial charge in [-0.1, -0.05) is 41.6 Å². The van der Waals surface area contributed by atoms with Crippen molar-refractivity contribution in [2.75, 3.05) is 0 Å². The van der Waals surface area contributed by atoms with E-state index >= 15 is 0 Å². The number of oxime groups is 1. The fraction of sp³-hybridized carbons (Fsp3) is 0.222. The van der Waals surface area contributed by atoms with E-state index in [1.165, 1.54) is 30.3 Å². The van der Waals surface area contributed by atoms with E-state index in [2.05, 4.69) is 15.3 Å². The highest BCUT2D eigenvalue weighted by Gasteiger charge is 2.60. The van der Waals surface area contributed by atoms with Gasteiger partial charge < -0.3 is 15.3 Å². The van der Waals surface area contributed by atoms with Gasteiger partial charge in [-0.05, 0) is 23.3 Å². The summed E-state index contributed by atoms with van der Waals surface area (Å²) < 4.78 is 51.7. The Morgan fingerprint density at radius 3 is 2.44 bits per heavy atom. The van der Waals surface area contributed by atoms with Crippen molar-refractivity contribution in [2.24, 2.45) is 5.16 Å². The zero-order valence-corrected chi connectivity index (χ0v) is 13.8. The lowest BCUT2D eigenvalue weighted by molar-refractivity contribution is -0.355. The van der Waals surface area contributed by atoms with Crippen LogP contribution in [-0.2, 0) is 11.4 Å². The number of hydrogen-bond acceptors (Lipinski definition) is 4. The van der Waals surface area contributed by atoms with Crippen molar-refractivity contribution in [3.63, 3.8) is 0 Å². The first-order valence-electron chi connectivity index (χ1n) is 7.86. The Morgan fingerprint density at radius 2 is 1.85 bits per heavy atom. The molecule has 1 aliphatic heterocycles. The molecule has 0 aliphatic carbocycles. The number of aliphatic hydroxyl groups is 1. The summed E-state index contributed by atoms with van der Waals surface area (Å²) in [7, 11) is 0. The van der Waals surface area contributed by atoms with Gasteiger partial charge in [-0.15, -0.1) is 0 Å². The van der Waals surface area contributed by atoms with Crippen LogP contribution < -0.4 is 5.32 Å². The van der Waals surface area contributed by atoms with Crippen LogP contribution in [0.1, 0.15) is 27.9 Å². The molecule has 142 valence electrons. The zero-order chi connectivity index (χ0) is 19.7. The molecule has 2 aromatic rings. The van der Waals surface area contributed by atoms with Gasteiger partial charge in [0.2, 0.25) is 0 Å². The van der Waals surface area contributed by atoms with Gasteiger partial charge in [0.15, 0.2) is 0 Å². The summed E-state index contributed by atoms with van der Waals surface area (Å²) in [6, 6.07) is 11.7. The average Bonchev–Trinajstić information content (AvgIpc) is 3.04. The predicted octanol–water partition coefficient (Wildman–Crippen LogP) is 3.13. The smallest absolute Gasteiger partial charge is 0.350 e. The van der Waals surface area contributed by atoms with E-state index in [4.69, 9.17) is 0 Å². The number of carbonyl (C=O) groups is 1. The predicted molar refractivity (Wildman–Crippen MR) is 87.3 cm³/mol. The monoisotopic (exact) mass is 382 g/mol. The van der Waals surface area contributed by atoms with E-state index in [9.17, 15) is 27.5 Å². The molecule has 5 nitrogen and oxygen atoms in total. The summed E-state index contributed by atoms with van der Waals surface area (Å²) in [6.07, 6.45) is -5.78. The molecule has 0 spiro atoms. The van der Waals surface area contributed by atoms with Crippen LogP contribution in [0.4, 0.5) is 17.6 Å². The van der Waals surface area contributed by atoms with Crippen LogP contribution in [-0.4, -0.2) is 28.7 Å². The summed E-state index contributed by atoms with van der Waals surface area (Å²) in [5, 5.41) is 15.3. The minimum Gasteiger partial charge on any atom is -0.350 e. The molecule has 1 amide bonds. The molecule has 1 unspecified atom stereocenters. The lowest BCUT2D eigenvalue weighted by Gasteiger charge is -2.22. The second-order valence-electron chi connectivity index (χ2n) is 5.95. The number of halogens is 4. The Hall–Kier alpha value is -2.94. The van der Waals surface area contributed by atoms with Gasteiger partial charge in [-0.2, -0.15) is 13.2 Å². The van der Waals surface area contributed by atoms with Crippen LogP contribution in [0.2, 0.25) is 0 Å². The van der Waals surface area contributed by atoms with Crippen LogP contribution in [0.15, 0.2) is 53.7 Å². The molecule has 1 heterocycles. The van der Waals surface area contributed by atoms with Crippen LogP contribution in [0.3, 0.4) is 0 Å². The number of benzene rings is 2. The van der Waals surface area contributed by atoms with Crippen LogP contribution in [0.5, 0.6) is 0 Å². The minimum absolute atomic E-state index is 0.0447. The third-order valence-electron chi connectivity index (χ3n) is 4.02. The van der Waals surface area contributed by atoms with E-state index in [-0.39, 0.29) is 17.8 Å². The van der Waals surface area contributed by atoms with E-state index in [1.54, 1.807) is 18.2 Å². The topological polar surface area (TPSA) is 70.9 Å². The first-order valence-corrected chi connectivity index (χ1v) is 7.86. The van der Waals surface area contributed by atoms with Crippen molar-refractivity contribution < 1.29 is 32.3 Å². The van der Waals surface area contributed by atoms with Crippen LogP contribution in [0, 0.1) is 5.82 Å². The van der Waals surface area contributed by atoms with E-state index in [0.29, 0.717) is 11.1 Å². The molecule has 9 heteroatoms. The Kier molecular flexibility index (Phi) is 4.88. The van der Waals surface area contributed by atoms with Crippen LogP contribution in [0.25, 0.3) is 0 Å². The summed E-state index contributed by atoms with van der Waals surface area (Å²) in [5.41, 5.74) is 0.864. The summed E-state index contributed by atoms with van der Waals surface area (Å²) in [5.74, 6) is -4.54. The highest BCUT2D eigenvalue weighted by molar-refractivity contribution is 6.01. The van der Waals surface area contributed by atoms with Crippen molar-refractivity contribution in [3.8, 4) is 0 Å². The summed E-state index contributed by atoms with van der Waals surface area (Å²) in [6.45, 7) is 0.100. The molecule has 3 rings (SSSR count). The quantitative estimate of drug-likeness (QED) is 0.799. The Morgan fingerprint density at radius 1 is 1.19 bits per heavy atom. The number of nitrogens with zero attached hydrogens (tertiary/aromatic N) is 1. The first-order chi connectivity index (χ1) is 12.7. The fourth-order valence-electron chi connectivity index (χ4n) is 2.47. The summed E-state index contributed by atoms with van der Waals surface area (Å²) >= 11 is 0. The van der Waals surface area contributed by atoms with Crippen molar-refractivity contribution >= 4 is 11.6 Å².